The monoisotopic (exact) mass is 408 g/mol. The molecule has 1 aliphatic rings. The largest absolute Gasteiger partial charge is 0.457 e. The van der Waals surface area contributed by atoms with Crippen LogP contribution in [0.4, 0.5) is 5.69 Å². The maximum Gasteiger partial charge on any atom is 0.255 e. The van der Waals surface area contributed by atoms with Crippen LogP contribution in [0.1, 0.15) is 22.0 Å². The van der Waals surface area contributed by atoms with E-state index in [4.69, 9.17) is 21.1 Å². The van der Waals surface area contributed by atoms with Crippen LogP contribution in [0, 0.1) is 0 Å². The van der Waals surface area contributed by atoms with E-state index < -0.39 is 0 Å². The zero-order chi connectivity index (χ0) is 20.1. The highest BCUT2D eigenvalue weighted by Gasteiger charge is 2.15. The summed E-state index contributed by atoms with van der Waals surface area (Å²) in [4.78, 5) is 12.5. The predicted molar refractivity (Wildman–Crippen MR) is 114 cm³/mol. The van der Waals surface area contributed by atoms with E-state index in [0.29, 0.717) is 28.7 Å². The number of hydrogen-bond donors (Lipinski definition) is 2. The summed E-state index contributed by atoms with van der Waals surface area (Å²) < 4.78 is 11.5. The first-order chi connectivity index (χ1) is 14.2. The van der Waals surface area contributed by atoms with Gasteiger partial charge in [-0.2, -0.15) is 0 Å². The quantitative estimate of drug-likeness (QED) is 0.620. The van der Waals surface area contributed by atoms with Crippen LogP contribution in [-0.4, -0.2) is 25.6 Å². The summed E-state index contributed by atoms with van der Waals surface area (Å²) in [6.45, 7) is 2.39. The number of halogens is 1. The SMILES string of the molecule is O=C(Nc1ccc([C@@H]2CNCCO2)cc1)c1ccc(Oc2ccc(Cl)cc2)cc1. The highest BCUT2D eigenvalue weighted by molar-refractivity contribution is 6.30. The average molecular weight is 409 g/mol. The molecule has 29 heavy (non-hydrogen) atoms. The smallest absolute Gasteiger partial charge is 0.255 e. The van der Waals surface area contributed by atoms with Crippen molar-refractivity contribution in [2.45, 2.75) is 6.10 Å². The van der Waals surface area contributed by atoms with Crippen LogP contribution in [-0.2, 0) is 4.74 Å². The van der Waals surface area contributed by atoms with Gasteiger partial charge >= 0.3 is 0 Å². The van der Waals surface area contributed by atoms with Gasteiger partial charge in [-0.15, -0.1) is 0 Å². The zero-order valence-electron chi connectivity index (χ0n) is 15.7. The Morgan fingerprint density at radius 1 is 0.966 bits per heavy atom. The summed E-state index contributed by atoms with van der Waals surface area (Å²) in [5.74, 6) is 1.16. The average Bonchev–Trinajstić information content (AvgIpc) is 2.77. The van der Waals surface area contributed by atoms with Gasteiger partial charge < -0.3 is 20.1 Å². The molecule has 148 valence electrons. The topological polar surface area (TPSA) is 59.6 Å². The molecular formula is C23H21ClN2O3. The third-order valence-corrected chi connectivity index (χ3v) is 4.89. The van der Waals surface area contributed by atoms with Crippen LogP contribution in [0.5, 0.6) is 11.5 Å². The maximum atomic E-state index is 12.5. The molecule has 3 aromatic rings. The van der Waals surface area contributed by atoms with Crippen molar-refractivity contribution in [3.8, 4) is 11.5 Å². The Morgan fingerprint density at radius 2 is 1.62 bits per heavy atom. The predicted octanol–water partition coefficient (Wildman–Crippen LogP) is 5.05. The number of anilines is 1. The summed E-state index contributed by atoms with van der Waals surface area (Å²) in [5, 5.41) is 6.88. The molecule has 0 radical (unpaired) electrons. The van der Waals surface area contributed by atoms with E-state index in [9.17, 15) is 4.79 Å². The molecule has 1 fully saturated rings. The summed E-state index contributed by atoms with van der Waals surface area (Å²) >= 11 is 5.88. The molecule has 1 saturated heterocycles. The van der Waals surface area contributed by atoms with Gasteiger partial charge in [0.1, 0.15) is 11.5 Å². The molecule has 0 aliphatic carbocycles. The first-order valence-electron chi connectivity index (χ1n) is 9.44. The summed E-state index contributed by atoms with van der Waals surface area (Å²) in [5.41, 5.74) is 2.39. The number of hydrogen-bond acceptors (Lipinski definition) is 4. The Morgan fingerprint density at radius 3 is 2.24 bits per heavy atom. The lowest BCUT2D eigenvalue weighted by Gasteiger charge is -2.24. The normalized spacial score (nSPS) is 16.2. The van der Waals surface area contributed by atoms with Crippen molar-refractivity contribution in [3.63, 3.8) is 0 Å². The molecule has 4 rings (SSSR count). The highest BCUT2D eigenvalue weighted by Crippen LogP contribution is 2.24. The summed E-state index contributed by atoms with van der Waals surface area (Å²) in [6, 6.07) is 21.9. The fourth-order valence-corrected chi connectivity index (χ4v) is 3.20. The van der Waals surface area contributed by atoms with E-state index in [-0.39, 0.29) is 12.0 Å². The molecule has 1 amide bonds. The van der Waals surface area contributed by atoms with Crippen LogP contribution >= 0.6 is 11.6 Å². The van der Waals surface area contributed by atoms with E-state index in [0.717, 1.165) is 24.3 Å². The first-order valence-corrected chi connectivity index (χ1v) is 9.82. The number of benzene rings is 3. The minimum atomic E-state index is -0.175. The van der Waals surface area contributed by atoms with Gasteiger partial charge in [-0.1, -0.05) is 23.7 Å². The Bertz CT molecular complexity index is 951. The Kier molecular flexibility index (Phi) is 6.10. The molecule has 1 aliphatic heterocycles. The van der Waals surface area contributed by atoms with Gasteiger partial charge in [-0.25, -0.2) is 0 Å². The Balaban J connectivity index is 1.36. The zero-order valence-corrected chi connectivity index (χ0v) is 16.5. The molecule has 0 aromatic heterocycles. The number of ether oxygens (including phenoxy) is 2. The number of amides is 1. The number of carbonyl (C=O) groups excluding carboxylic acids is 1. The molecule has 0 spiro atoms. The molecule has 2 N–H and O–H groups in total. The third-order valence-electron chi connectivity index (χ3n) is 4.63. The molecule has 5 nitrogen and oxygen atoms in total. The van der Waals surface area contributed by atoms with Crippen molar-refractivity contribution in [1.82, 2.24) is 5.32 Å². The van der Waals surface area contributed by atoms with Crippen LogP contribution in [0.25, 0.3) is 0 Å². The van der Waals surface area contributed by atoms with E-state index in [1.54, 1.807) is 48.5 Å². The van der Waals surface area contributed by atoms with Gasteiger partial charge in [0.15, 0.2) is 0 Å². The molecule has 3 aromatic carbocycles. The van der Waals surface area contributed by atoms with Crippen molar-refractivity contribution in [1.29, 1.82) is 0 Å². The second-order valence-electron chi connectivity index (χ2n) is 6.72. The van der Waals surface area contributed by atoms with Gasteiger partial charge in [0.25, 0.3) is 5.91 Å². The Hall–Kier alpha value is -2.86. The second kappa shape index (κ2) is 9.09. The third kappa shape index (κ3) is 5.15. The van der Waals surface area contributed by atoms with Crippen LogP contribution < -0.4 is 15.4 Å². The Labute approximate surface area is 174 Å². The molecule has 1 heterocycles. The number of morpholine rings is 1. The lowest BCUT2D eigenvalue weighted by molar-refractivity contribution is 0.0277. The van der Waals surface area contributed by atoms with Gasteiger partial charge in [-0.3, -0.25) is 4.79 Å². The molecule has 0 unspecified atom stereocenters. The molecule has 1 atom stereocenters. The lowest BCUT2D eigenvalue weighted by Crippen LogP contribution is -2.33. The molecular weight excluding hydrogens is 388 g/mol. The highest BCUT2D eigenvalue weighted by atomic mass is 35.5. The van der Waals surface area contributed by atoms with Gasteiger partial charge in [0.05, 0.1) is 12.7 Å². The van der Waals surface area contributed by atoms with Crippen LogP contribution in [0.15, 0.2) is 72.8 Å². The second-order valence-corrected chi connectivity index (χ2v) is 7.16. The van der Waals surface area contributed by atoms with Crippen molar-refractivity contribution in [2.24, 2.45) is 0 Å². The van der Waals surface area contributed by atoms with Crippen LogP contribution in [0.3, 0.4) is 0 Å². The number of rotatable bonds is 5. The van der Waals surface area contributed by atoms with E-state index in [1.165, 1.54) is 0 Å². The minimum Gasteiger partial charge on any atom is -0.457 e. The summed E-state index contributed by atoms with van der Waals surface area (Å²) in [7, 11) is 0. The number of nitrogens with one attached hydrogen (secondary N) is 2. The minimum absolute atomic E-state index is 0.0571. The van der Waals surface area contributed by atoms with E-state index in [1.807, 2.05) is 24.3 Å². The van der Waals surface area contributed by atoms with Gasteiger partial charge in [0, 0.05) is 29.4 Å². The molecule has 6 heteroatoms. The van der Waals surface area contributed by atoms with Gasteiger partial charge in [0.2, 0.25) is 0 Å². The molecule has 0 saturated carbocycles. The van der Waals surface area contributed by atoms with Crippen molar-refractivity contribution in [2.75, 3.05) is 25.0 Å². The fraction of sp³-hybridized carbons (Fsp3) is 0.174. The fourth-order valence-electron chi connectivity index (χ4n) is 3.08. The van der Waals surface area contributed by atoms with Crippen molar-refractivity contribution >= 4 is 23.2 Å². The maximum absolute atomic E-state index is 12.5. The van der Waals surface area contributed by atoms with Crippen molar-refractivity contribution in [3.05, 3.63) is 88.9 Å². The molecule has 0 bridgehead atoms. The van der Waals surface area contributed by atoms with Crippen molar-refractivity contribution < 1.29 is 14.3 Å². The number of carbonyl (C=O) groups is 1. The van der Waals surface area contributed by atoms with E-state index in [2.05, 4.69) is 10.6 Å². The van der Waals surface area contributed by atoms with Crippen LogP contribution in [0.2, 0.25) is 5.02 Å². The summed E-state index contributed by atoms with van der Waals surface area (Å²) in [6.07, 6.45) is 0.0571. The van der Waals surface area contributed by atoms with Gasteiger partial charge in [-0.05, 0) is 66.2 Å². The van der Waals surface area contributed by atoms with E-state index >= 15 is 0 Å². The first kappa shape index (κ1) is 19.5. The lowest BCUT2D eigenvalue weighted by atomic mass is 10.1. The standard InChI is InChI=1S/C23H21ClN2O3/c24-18-5-11-21(12-6-18)29-20-9-3-17(4-10-20)23(27)26-19-7-1-16(2-8-19)22-15-25-13-14-28-22/h1-12,22,25H,13-15H2,(H,26,27)/t22-/m0/s1.